The molecular weight excluding hydrogens is 356 g/mol. The van der Waals surface area contributed by atoms with Crippen LogP contribution in [0.3, 0.4) is 0 Å². The second kappa shape index (κ2) is 7.24. The Morgan fingerprint density at radius 3 is 2.93 bits per heavy atom. The van der Waals surface area contributed by atoms with Crippen molar-refractivity contribution in [2.45, 2.75) is 38.7 Å². The molecule has 1 aliphatic heterocycles. The maximum Gasteiger partial charge on any atom is 0.261 e. The molecule has 2 N–H and O–H groups in total. The molecule has 0 atom stereocenters. The van der Waals surface area contributed by atoms with Crippen LogP contribution in [0.1, 0.15) is 42.6 Å². The molecule has 5 rings (SSSR count). The number of anilines is 1. The van der Waals surface area contributed by atoms with E-state index in [2.05, 4.69) is 29.2 Å². The number of carbonyl (C=O) groups excluding carboxylic acids is 1. The zero-order valence-electron chi connectivity index (χ0n) is 16.1. The molecule has 7 heteroatoms. The molecule has 0 radical (unpaired) electrons. The Morgan fingerprint density at radius 2 is 2.21 bits per heavy atom. The molecule has 1 saturated carbocycles. The van der Waals surface area contributed by atoms with Crippen molar-refractivity contribution in [2.75, 3.05) is 11.9 Å². The molecule has 7 nitrogen and oxygen atoms in total. The number of nitrogens with one attached hydrogen (secondary N) is 1. The number of fused-ring (bicyclic) bond motifs is 2. The van der Waals surface area contributed by atoms with Gasteiger partial charge in [0.2, 0.25) is 0 Å². The van der Waals surface area contributed by atoms with Crippen LogP contribution in [0.15, 0.2) is 42.9 Å². The molecule has 0 saturated heterocycles. The van der Waals surface area contributed by atoms with Crippen molar-refractivity contribution in [3.8, 4) is 5.75 Å². The van der Waals surface area contributed by atoms with Gasteiger partial charge < -0.3 is 15.2 Å². The minimum absolute atomic E-state index is 0.197. The molecule has 3 heterocycles. The first-order valence-corrected chi connectivity index (χ1v) is 9.48. The third-order valence-electron chi connectivity index (χ3n) is 4.80. The first kappa shape index (κ1) is 18.4. The molecule has 28 heavy (non-hydrogen) atoms. The van der Waals surface area contributed by atoms with Crippen LogP contribution in [-0.2, 0) is 6.42 Å². The van der Waals surface area contributed by atoms with Crippen LogP contribution >= 0.6 is 0 Å². The lowest BCUT2D eigenvalue weighted by Crippen LogP contribution is -2.24. The van der Waals surface area contributed by atoms with Crippen molar-refractivity contribution in [3.63, 3.8) is 0 Å². The van der Waals surface area contributed by atoms with Gasteiger partial charge in [-0.25, -0.2) is 9.50 Å². The Kier molecular flexibility index (Phi) is 4.77. The lowest BCUT2D eigenvalue weighted by Gasteiger charge is -2.16. The smallest absolute Gasteiger partial charge is 0.261 e. The molecule has 2 aliphatic rings. The maximum atomic E-state index is 12.5. The normalized spacial score (nSPS) is 16.7. The molecule has 0 spiro atoms. The highest BCUT2D eigenvalue weighted by molar-refractivity contribution is 6.08. The molecule has 1 fully saturated rings. The summed E-state index contributed by atoms with van der Waals surface area (Å²) in [6.07, 6.45) is 8.27. The van der Waals surface area contributed by atoms with Crippen LogP contribution in [0.4, 0.5) is 5.69 Å². The van der Waals surface area contributed by atoms with E-state index in [0.29, 0.717) is 23.7 Å². The number of nitrogens with zero attached hydrogens (tertiary/aromatic N) is 3. The van der Waals surface area contributed by atoms with Gasteiger partial charge in [-0.05, 0) is 56.9 Å². The van der Waals surface area contributed by atoms with E-state index in [1.54, 1.807) is 23.0 Å². The largest absolute Gasteiger partial charge is 0.487 e. The van der Waals surface area contributed by atoms with Gasteiger partial charge >= 0.3 is 0 Å². The number of hydrogen-bond donors (Lipinski definition) is 2. The zero-order chi connectivity index (χ0) is 19.7. The van der Waals surface area contributed by atoms with Crippen LogP contribution in [0.5, 0.6) is 5.75 Å². The minimum Gasteiger partial charge on any atom is -0.487 e. The topological polar surface area (TPSA) is 88.8 Å². The number of ether oxygens (including phenoxy) is 1. The maximum absolute atomic E-state index is 12.5. The Bertz CT molecular complexity index is 1010. The van der Waals surface area contributed by atoms with Gasteiger partial charge in [-0.3, -0.25) is 4.79 Å². The molecule has 1 amide bonds. The fourth-order valence-electron chi connectivity index (χ4n) is 3.17. The molecule has 0 bridgehead atoms. The van der Waals surface area contributed by atoms with Gasteiger partial charge in [-0.15, -0.1) is 0 Å². The van der Waals surface area contributed by atoms with Crippen LogP contribution in [0, 0.1) is 5.92 Å². The first-order chi connectivity index (χ1) is 13.4. The fraction of sp³-hybridized carbons (Fsp3) is 0.381. The Hall–Kier alpha value is -2.93. The van der Waals surface area contributed by atoms with Crippen LogP contribution < -0.4 is 10.1 Å². The van der Waals surface area contributed by atoms with Gasteiger partial charge in [0, 0.05) is 36.7 Å². The molecule has 3 aromatic rings. The summed E-state index contributed by atoms with van der Waals surface area (Å²) in [4.78, 5) is 16.7. The number of aliphatic hydroxyl groups is 1. The van der Waals surface area contributed by atoms with Crippen molar-refractivity contribution < 1.29 is 14.6 Å². The molecule has 0 unspecified atom stereocenters. The van der Waals surface area contributed by atoms with Crippen molar-refractivity contribution in [2.24, 2.45) is 5.92 Å². The predicted molar refractivity (Wildman–Crippen MR) is 106 cm³/mol. The summed E-state index contributed by atoms with van der Waals surface area (Å²) in [5.74, 6) is 1.34. The number of amides is 1. The van der Waals surface area contributed by atoms with Gasteiger partial charge in [0.1, 0.15) is 16.9 Å². The highest BCUT2D eigenvalue weighted by atomic mass is 16.5. The van der Waals surface area contributed by atoms with Crippen molar-refractivity contribution in [3.05, 3.63) is 54.0 Å². The minimum atomic E-state index is -0.225. The van der Waals surface area contributed by atoms with Gasteiger partial charge in [0.05, 0.1) is 6.20 Å². The highest BCUT2D eigenvalue weighted by Gasteiger charge is 2.30. The van der Waals surface area contributed by atoms with Crippen LogP contribution in [0.25, 0.3) is 5.65 Å². The lowest BCUT2D eigenvalue weighted by atomic mass is 10.0. The quantitative estimate of drug-likeness (QED) is 0.729. The lowest BCUT2D eigenvalue weighted by molar-refractivity contribution is 0.102. The van der Waals surface area contributed by atoms with Gasteiger partial charge in [-0.1, -0.05) is 0 Å². The standard InChI is InChI=1S/C17H16N4O2.C4H8O/c1-17(2)9-11-8-12(4-5-14(11)23-17)20-16(22)13-10-19-21-7-3-6-18-15(13)21;5-3-4-1-2-4/h3-8,10H,9H2,1-2H3,(H,20,22);4-5H,1-3H2. The Morgan fingerprint density at radius 1 is 1.39 bits per heavy atom. The van der Waals surface area contributed by atoms with Crippen molar-refractivity contribution >= 4 is 17.2 Å². The highest BCUT2D eigenvalue weighted by Crippen LogP contribution is 2.36. The van der Waals surface area contributed by atoms with Crippen molar-refractivity contribution in [1.82, 2.24) is 14.6 Å². The summed E-state index contributed by atoms with van der Waals surface area (Å²) in [6.45, 7) is 4.52. The van der Waals surface area contributed by atoms with Crippen molar-refractivity contribution in [1.29, 1.82) is 0 Å². The summed E-state index contributed by atoms with van der Waals surface area (Å²) >= 11 is 0. The Balaban J connectivity index is 0.000000336. The summed E-state index contributed by atoms with van der Waals surface area (Å²) in [5.41, 5.74) is 2.63. The third-order valence-corrected chi connectivity index (χ3v) is 4.80. The molecule has 146 valence electrons. The van der Waals surface area contributed by atoms with Crippen LogP contribution in [-0.4, -0.2) is 37.8 Å². The number of aliphatic hydroxyl groups excluding tert-OH is 1. The molecule has 2 aromatic heterocycles. The van der Waals surface area contributed by atoms with Gasteiger partial charge in [0.25, 0.3) is 5.91 Å². The number of benzene rings is 1. The summed E-state index contributed by atoms with van der Waals surface area (Å²) < 4.78 is 7.43. The summed E-state index contributed by atoms with van der Waals surface area (Å²) in [5, 5.41) is 15.2. The number of aromatic nitrogens is 3. The summed E-state index contributed by atoms with van der Waals surface area (Å²) in [6, 6.07) is 7.47. The number of hydrogen-bond acceptors (Lipinski definition) is 5. The van der Waals surface area contributed by atoms with Gasteiger partial charge in [-0.2, -0.15) is 5.10 Å². The zero-order valence-corrected chi connectivity index (χ0v) is 16.1. The van der Waals surface area contributed by atoms with E-state index in [1.165, 1.54) is 19.0 Å². The number of carbonyl (C=O) groups is 1. The van der Waals surface area contributed by atoms with E-state index < -0.39 is 0 Å². The SMILES string of the molecule is CC1(C)Cc2cc(NC(=O)c3cnn4cccnc34)ccc2O1.OCC1CC1. The van der Waals surface area contributed by atoms with E-state index >= 15 is 0 Å². The van der Waals surface area contributed by atoms with Crippen LogP contribution in [0.2, 0.25) is 0 Å². The second-order valence-corrected chi connectivity index (χ2v) is 7.89. The average Bonchev–Trinajstić information content (AvgIpc) is 3.33. The third kappa shape index (κ3) is 3.99. The van der Waals surface area contributed by atoms with E-state index in [9.17, 15) is 4.79 Å². The first-order valence-electron chi connectivity index (χ1n) is 9.48. The van der Waals surface area contributed by atoms with E-state index in [4.69, 9.17) is 9.84 Å². The molecular formula is C21H24N4O3. The second-order valence-electron chi connectivity index (χ2n) is 7.89. The molecule has 1 aliphatic carbocycles. The predicted octanol–water partition coefficient (Wildman–Crippen LogP) is 3.08. The monoisotopic (exact) mass is 380 g/mol. The van der Waals surface area contributed by atoms with E-state index in [0.717, 1.165) is 23.4 Å². The fourth-order valence-corrected chi connectivity index (χ4v) is 3.17. The van der Waals surface area contributed by atoms with E-state index in [1.807, 2.05) is 18.2 Å². The summed E-state index contributed by atoms with van der Waals surface area (Å²) in [7, 11) is 0. The van der Waals surface area contributed by atoms with E-state index in [-0.39, 0.29) is 11.5 Å². The Labute approximate surface area is 163 Å². The number of rotatable bonds is 3. The van der Waals surface area contributed by atoms with Gasteiger partial charge in [0.15, 0.2) is 5.65 Å². The average molecular weight is 380 g/mol. The molecule has 1 aromatic carbocycles.